The van der Waals surface area contributed by atoms with Crippen molar-refractivity contribution >= 4 is 5.96 Å². The van der Waals surface area contributed by atoms with E-state index in [1.54, 1.807) is 21.3 Å². The molecule has 6 nitrogen and oxygen atoms in total. The zero-order valence-corrected chi connectivity index (χ0v) is 12.5. The summed E-state index contributed by atoms with van der Waals surface area (Å²) in [6, 6.07) is 0. The maximum absolute atomic E-state index is 5.02. The Labute approximate surface area is 116 Å². The average molecular weight is 275 g/mol. The summed E-state index contributed by atoms with van der Waals surface area (Å²) in [5.41, 5.74) is 0. The number of hydrogen-bond donors (Lipinski definition) is 2. The Morgan fingerprint density at radius 2 is 1.26 bits per heavy atom. The number of ether oxygens (including phenoxy) is 3. The van der Waals surface area contributed by atoms with E-state index in [2.05, 4.69) is 15.6 Å². The van der Waals surface area contributed by atoms with Crippen molar-refractivity contribution in [2.45, 2.75) is 19.3 Å². The lowest BCUT2D eigenvalue weighted by Crippen LogP contribution is -2.39. The molecular weight excluding hydrogens is 246 g/mol. The normalized spacial score (nSPS) is 10.3. The Bertz CT molecular complexity index is 199. The highest BCUT2D eigenvalue weighted by molar-refractivity contribution is 5.79. The van der Waals surface area contributed by atoms with Crippen LogP contribution >= 0.6 is 0 Å². The van der Waals surface area contributed by atoms with E-state index in [9.17, 15) is 0 Å². The van der Waals surface area contributed by atoms with Gasteiger partial charge in [0.1, 0.15) is 0 Å². The third-order valence-electron chi connectivity index (χ3n) is 2.41. The largest absolute Gasteiger partial charge is 0.385 e. The zero-order valence-electron chi connectivity index (χ0n) is 12.5. The number of rotatable bonds is 12. The van der Waals surface area contributed by atoms with Gasteiger partial charge in [-0.2, -0.15) is 0 Å². The van der Waals surface area contributed by atoms with Gasteiger partial charge >= 0.3 is 0 Å². The van der Waals surface area contributed by atoms with E-state index in [1.165, 1.54) is 0 Å². The summed E-state index contributed by atoms with van der Waals surface area (Å²) in [4.78, 5) is 4.49. The lowest BCUT2D eigenvalue weighted by atomic mass is 10.4. The third kappa shape index (κ3) is 13.4. The summed E-state index contributed by atoms with van der Waals surface area (Å²) in [5, 5.41) is 6.57. The molecule has 0 rings (SSSR count). The zero-order chi connectivity index (χ0) is 14.2. The SMILES string of the molecule is COCCCN=C(NCCCOC)NCCCOC. The second kappa shape index (κ2) is 15.2. The second-order valence-electron chi connectivity index (χ2n) is 4.12. The van der Waals surface area contributed by atoms with Crippen molar-refractivity contribution < 1.29 is 14.2 Å². The van der Waals surface area contributed by atoms with Crippen molar-refractivity contribution in [3.8, 4) is 0 Å². The van der Waals surface area contributed by atoms with E-state index in [0.717, 1.165) is 64.7 Å². The number of methoxy groups -OCH3 is 3. The Morgan fingerprint density at radius 1 is 0.789 bits per heavy atom. The minimum Gasteiger partial charge on any atom is -0.385 e. The van der Waals surface area contributed by atoms with E-state index in [1.807, 2.05) is 0 Å². The van der Waals surface area contributed by atoms with Crippen LogP contribution in [0.1, 0.15) is 19.3 Å². The molecule has 0 atom stereocenters. The first-order chi connectivity index (χ1) is 9.35. The molecule has 6 heteroatoms. The fraction of sp³-hybridized carbons (Fsp3) is 0.923. The molecule has 0 fully saturated rings. The van der Waals surface area contributed by atoms with Gasteiger partial charge in [0.2, 0.25) is 0 Å². The molecule has 0 aromatic rings. The van der Waals surface area contributed by atoms with Crippen LogP contribution in [-0.2, 0) is 14.2 Å². The highest BCUT2D eigenvalue weighted by Crippen LogP contribution is 1.85. The molecule has 114 valence electrons. The Morgan fingerprint density at radius 3 is 1.74 bits per heavy atom. The summed E-state index contributed by atoms with van der Waals surface area (Å²) < 4.78 is 15.0. The van der Waals surface area contributed by atoms with Crippen molar-refractivity contribution in [3.63, 3.8) is 0 Å². The summed E-state index contributed by atoms with van der Waals surface area (Å²) in [5.74, 6) is 0.850. The molecular formula is C13H29N3O3. The Kier molecular flexibility index (Phi) is 14.5. The predicted octanol–water partition coefficient (Wildman–Crippen LogP) is 0.631. The molecule has 0 bridgehead atoms. The van der Waals surface area contributed by atoms with Crippen LogP contribution in [-0.4, -0.2) is 66.7 Å². The van der Waals surface area contributed by atoms with Crippen LogP contribution in [0.3, 0.4) is 0 Å². The number of hydrogen-bond acceptors (Lipinski definition) is 4. The smallest absolute Gasteiger partial charge is 0.191 e. The minimum atomic E-state index is 0.740. The summed E-state index contributed by atoms with van der Waals surface area (Å²) in [7, 11) is 5.13. The second-order valence-corrected chi connectivity index (χ2v) is 4.12. The standard InChI is InChI=1S/C13H29N3O3/c1-17-10-4-7-14-13(15-8-5-11-18-2)16-9-6-12-19-3/h4-12H2,1-3H3,(H2,14,15,16). The van der Waals surface area contributed by atoms with Gasteiger partial charge < -0.3 is 24.8 Å². The van der Waals surface area contributed by atoms with Crippen LogP contribution in [0.2, 0.25) is 0 Å². The summed E-state index contributed by atoms with van der Waals surface area (Å²) >= 11 is 0. The monoisotopic (exact) mass is 275 g/mol. The van der Waals surface area contributed by atoms with Gasteiger partial charge in [-0.05, 0) is 19.3 Å². The summed E-state index contributed by atoms with van der Waals surface area (Å²) in [6.45, 7) is 4.73. The van der Waals surface area contributed by atoms with Crippen molar-refractivity contribution in [1.29, 1.82) is 0 Å². The van der Waals surface area contributed by atoms with Crippen molar-refractivity contribution in [2.75, 3.05) is 60.8 Å². The quantitative estimate of drug-likeness (QED) is 0.311. The van der Waals surface area contributed by atoms with Gasteiger partial charge in [0.05, 0.1) is 0 Å². The van der Waals surface area contributed by atoms with Crippen LogP contribution in [0.15, 0.2) is 4.99 Å². The molecule has 0 spiro atoms. The van der Waals surface area contributed by atoms with Crippen molar-refractivity contribution in [1.82, 2.24) is 10.6 Å². The van der Waals surface area contributed by atoms with Crippen LogP contribution in [0.25, 0.3) is 0 Å². The van der Waals surface area contributed by atoms with Gasteiger partial charge in [-0.3, -0.25) is 4.99 Å². The molecule has 0 heterocycles. The molecule has 0 aliphatic rings. The Balaban J connectivity index is 3.84. The highest BCUT2D eigenvalue weighted by Gasteiger charge is 1.97. The van der Waals surface area contributed by atoms with E-state index < -0.39 is 0 Å². The molecule has 0 aliphatic heterocycles. The van der Waals surface area contributed by atoms with E-state index in [4.69, 9.17) is 14.2 Å². The number of nitrogens with one attached hydrogen (secondary N) is 2. The number of aliphatic imine (C=N–C) groups is 1. The van der Waals surface area contributed by atoms with Crippen molar-refractivity contribution in [2.24, 2.45) is 4.99 Å². The molecule has 0 aliphatic carbocycles. The van der Waals surface area contributed by atoms with Gasteiger partial charge in [-0.15, -0.1) is 0 Å². The lowest BCUT2D eigenvalue weighted by Gasteiger charge is -2.12. The molecule has 0 unspecified atom stereocenters. The molecule has 0 amide bonds. The molecule has 0 aromatic heterocycles. The van der Waals surface area contributed by atoms with Crippen LogP contribution in [0, 0.1) is 0 Å². The van der Waals surface area contributed by atoms with Gasteiger partial charge in [-0.1, -0.05) is 0 Å². The van der Waals surface area contributed by atoms with E-state index in [0.29, 0.717) is 0 Å². The van der Waals surface area contributed by atoms with Crippen LogP contribution in [0.5, 0.6) is 0 Å². The lowest BCUT2D eigenvalue weighted by molar-refractivity contribution is 0.194. The van der Waals surface area contributed by atoms with Gasteiger partial charge in [0, 0.05) is 60.8 Å². The van der Waals surface area contributed by atoms with Crippen LogP contribution in [0.4, 0.5) is 0 Å². The number of nitrogens with zero attached hydrogens (tertiary/aromatic N) is 1. The van der Waals surface area contributed by atoms with E-state index in [-0.39, 0.29) is 0 Å². The fourth-order valence-electron chi connectivity index (χ4n) is 1.42. The summed E-state index contributed by atoms with van der Waals surface area (Å²) in [6.07, 6.45) is 2.86. The molecule has 2 N–H and O–H groups in total. The maximum atomic E-state index is 5.02. The number of guanidine groups is 1. The minimum absolute atomic E-state index is 0.740. The predicted molar refractivity (Wildman–Crippen MR) is 77.8 cm³/mol. The molecule has 0 aromatic carbocycles. The van der Waals surface area contributed by atoms with E-state index >= 15 is 0 Å². The topological polar surface area (TPSA) is 64.1 Å². The molecule has 0 radical (unpaired) electrons. The Hall–Kier alpha value is -0.850. The average Bonchev–Trinajstić information content (AvgIpc) is 2.43. The molecule has 0 saturated carbocycles. The van der Waals surface area contributed by atoms with Crippen LogP contribution < -0.4 is 10.6 Å². The van der Waals surface area contributed by atoms with Crippen molar-refractivity contribution in [3.05, 3.63) is 0 Å². The van der Waals surface area contributed by atoms with Gasteiger partial charge in [-0.25, -0.2) is 0 Å². The first kappa shape index (κ1) is 18.1. The first-order valence-corrected chi connectivity index (χ1v) is 6.84. The molecule has 19 heavy (non-hydrogen) atoms. The first-order valence-electron chi connectivity index (χ1n) is 6.84. The highest BCUT2D eigenvalue weighted by atomic mass is 16.5. The van der Waals surface area contributed by atoms with Gasteiger partial charge in [0.15, 0.2) is 5.96 Å². The maximum Gasteiger partial charge on any atom is 0.191 e. The third-order valence-corrected chi connectivity index (χ3v) is 2.41. The fourth-order valence-corrected chi connectivity index (χ4v) is 1.42. The van der Waals surface area contributed by atoms with Gasteiger partial charge in [0.25, 0.3) is 0 Å². The molecule has 0 saturated heterocycles.